The fraction of sp³-hybridized carbons (Fsp3) is 0.231. The van der Waals surface area contributed by atoms with Crippen molar-refractivity contribution in [2.24, 2.45) is 0 Å². The monoisotopic (exact) mass is 306 g/mol. The fourth-order valence-electron chi connectivity index (χ4n) is 2.17. The minimum absolute atomic E-state index is 0.0267. The van der Waals surface area contributed by atoms with Crippen LogP contribution in [0.15, 0.2) is 28.9 Å². The zero-order valence-corrected chi connectivity index (χ0v) is 11.4. The van der Waals surface area contributed by atoms with Gasteiger partial charge in [-0.15, -0.1) is 0 Å². The zero-order chi connectivity index (χ0) is 12.7. The van der Waals surface area contributed by atoms with E-state index < -0.39 is 0 Å². The number of anilines is 1. The third kappa shape index (κ3) is 1.66. The average Bonchev–Trinajstić information content (AvgIpc) is 2.38. The molecule has 0 saturated carbocycles. The lowest BCUT2D eigenvalue weighted by molar-refractivity contribution is -0.121. The average molecular weight is 307 g/mol. The van der Waals surface area contributed by atoms with Crippen LogP contribution < -0.4 is 9.64 Å². The standard InChI is InChI=1S/C13H11BrN2O2/c1-2-16-11-6-15-10-4-3-8(14)5-9(10)13(11)18-7-12(16)17/h3-6H,2,7H2,1H3. The molecule has 0 atom stereocenters. The number of pyridine rings is 1. The topological polar surface area (TPSA) is 42.4 Å². The number of amides is 1. The van der Waals surface area contributed by atoms with E-state index in [4.69, 9.17) is 4.74 Å². The van der Waals surface area contributed by atoms with Crippen LogP contribution in [-0.4, -0.2) is 24.0 Å². The number of hydrogen-bond acceptors (Lipinski definition) is 3. The number of ether oxygens (including phenoxy) is 1. The SMILES string of the molecule is CCN1C(=O)COc2c1cnc1ccc(Br)cc21. The number of fused-ring (bicyclic) bond motifs is 3. The Morgan fingerprint density at radius 3 is 3.11 bits per heavy atom. The smallest absolute Gasteiger partial charge is 0.265 e. The molecule has 0 spiro atoms. The number of nitrogens with zero attached hydrogens (tertiary/aromatic N) is 2. The third-order valence-corrected chi connectivity index (χ3v) is 3.50. The Labute approximate surface area is 113 Å². The van der Waals surface area contributed by atoms with Gasteiger partial charge in [0.05, 0.1) is 11.7 Å². The lowest BCUT2D eigenvalue weighted by Gasteiger charge is -2.28. The Hall–Kier alpha value is -1.62. The van der Waals surface area contributed by atoms with Crippen LogP contribution in [0, 0.1) is 0 Å². The molecule has 3 rings (SSSR count). The Balaban J connectivity index is 2.28. The molecule has 4 nitrogen and oxygen atoms in total. The Morgan fingerprint density at radius 1 is 1.50 bits per heavy atom. The quantitative estimate of drug-likeness (QED) is 0.813. The van der Waals surface area contributed by atoms with Gasteiger partial charge in [0.25, 0.3) is 5.91 Å². The van der Waals surface area contributed by atoms with Crippen molar-refractivity contribution in [1.82, 2.24) is 4.98 Å². The van der Waals surface area contributed by atoms with Gasteiger partial charge in [-0.2, -0.15) is 0 Å². The van der Waals surface area contributed by atoms with Crippen molar-refractivity contribution in [2.75, 3.05) is 18.1 Å². The molecule has 0 aliphatic carbocycles. The van der Waals surface area contributed by atoms with Crippen molar-refractivity contribution < 1.29 is 9.53 Å². The molecule has 1 aromatic heterocycles. The molecule has 18 heavy (non-hydrogen) atoms. The summed E-state index contributed by atoms with van der Waals surface area (Å²) in [6.07, 6.45) is 1.70. The molecule has 0 saturated heterocycles. The summed E-state index contributed by atoms with van der Waals surface area (Å²) in [7, 11) is 0. The second kappa shape index (κ2) is 4.24. The van der Waals surface area contributed by atoms with Crippen LogP contribution in [0.2, 0.25) is 0 Å². The predicted molar refractivity (Wildman–Crippen MR) is 73.0 cm³/mol. The Kier molecular flexibility index (Phi) is 2.70. The van der Waals surface area contributed by atoms with Gasteiger partial charge in [0.15, 0.2) is 12.4 Å². The van der Waals surface area contributed by atoms with Crippen molar-refractivity contribution in [3.8, 4) is 5.75 Å². The summed E-state index contributed by atoms with van der Waals surface area (Å²) in [5, 5.41) is 0.924. The van der Waals surface area contributed by atoms with Crippen LogP contribution in [0.4, 0.5) is 5.69 Å². The lowest BCUT2D eigenvalue weighted by atomic mass is 10.1. The van der Waals surface area contributed by atoms with E-state index in [0.29, 0.717) is 6.54 Å². The van der Waals surface area contributed by atoms with Gasteiger partial charge in [-0.3, -0.25) is 9.78 Å². The molecule has 1 aliphatic heterocycles. The van der Waals surface area contributed by atoms with E-state index in [2.05, 4.69) is 20.9 Å². The van der Waals surface area contributed by atoms with Gasteiger partial charge in [-0.25, -0.2) is 0 Å². The van der Waals surface area contributed by atoms with Crippen LogP contribution in [0.1, 0.15) is 6.92 Å². The summed E-state index contributed by atoms with van der Waals surface area (Å²) in [4.78, 5) is 17.8. The molecule has 0 N–H and O–H groups in total. The van der Waals surface area contributed by atoms with E-state index in [0.717, 1.165) is 26.8 Å². The first-order chi connectivity index (χ1) is 8.70. The van der Waals surface area contributed by atoms with Gasteiger partial charge in [0.1, 0.15) is 5.69 Å². The highest BCUT2D eigenvalue weighted by Crippen LogP contribution is 2.38. The minimum Gasteiger partial charge on any atom is -0.481 e. The number of aromatic nitrogens is 1. The molecule has 1 aliphatic rings. The van der Waals surface area contributed by atoms with Crippen LogP contribution in [-0.2, 0) is 4.79 Å². The van der Waals surface area contributed by atoms with Crippen LogP contribution in [0.3, 0.4) is 0 Å². The number of carbonyl (C=O) groups is 1. The summed E-state index contributed by atoms with van der Waals surface area (Å²) >= 11 is 3.44. The first kappa shape index (κ1) is 11.5. The van der Waals surface area contributed by atoms with Gasteiger partial charge >= 0.3 is 0 Å². The zero-order valence-electron chi connectivity index (χ0n) is 9.81. The molecule has 0 bridgehead atoms. The number of rotatable bonds is 1. The summed E-state index contributed by atoms with van der Waals surface area (Å²) in [6, 6.07) is 5.83. The fourth-order valence-corrected chi connectivity index (χ4v) is 2.53. The molecule has 1 amide bonds. The number of benzene rings is 1. The number of hydrogen-bond donors (Lipinski definition) is 0. The molecule has 92 valence electrons. The molecule has 2 heterocycles. The second-order valence-electron chi connectivity index (χ2n) is 4.06. The van der Waals surface area contributed by atoms with Crippen LogP contribution in [0.5, 0.6) is 5.75 Å². The van der Waals surface area contributed by atoms with E-state index in [9.17, 15) is 4.79 Å². The van der Waals surface area contributed by atoms with Crippen molar-refractivity contribution in [3.05, 3.63) is 28.9 Å². The molecule has 2 aromatic rings. The Morgan fingerprint density at radius 2 is 2.33 bits per heavy atom. The molecular weight excluding hydrogens is 296 g/mol. The molecule has 0 unspecified atom stereocenters. The largest absolute Gasteiger partial charge is 0.481 e. The van der Waals surface area contributed by atoms with Gasteiger partial charge < -0.3 is 9.64 Å². The minimum atomic E-state index is -0.0267. The number of likely N-dealkylation sites (N-methyl/N-ethyl adjacent to an activating group) is 1. The normalized spacial score (nSPS) is 14.6. The molecule has 5 heteroatoms. The van der Waals surface area contributed by atoms with Gasteiger partial charge in [-0.1, -0.05) is 15.9 Å². The molecule has 1 aromatic carbocycles. The highest BCUT2D eigenvalue weighted by atomic mass is 79.9. The number of carbonyl (C=O) groups excluding carboxylic acids is 1. The lowest BCUT2D eigenvalue weighted by Crippen LogP contribution is -2.38. The Bertz CT molecular complexity index is 642. The maximum atomic E-state index is 11.8. The van der Waals surface area contributed by atoms with Crippen molar-refractivity contribution in [1.29, 1.82) is 0 Å². The van der Waals surface area contributed by atoms with E-state index in [-0.39, 0.29) is 12.5 Å². The van der Waals surface area contributed by atoms with E-state index in [1.165, 1.54) is 0 Å². The first-order valence-electron chi connectivity index (χ1n) is 5.72. The van der Waals surface area contributed by atoms with Crippen molar-refractivity contribution >= 4 is 38.4 Å². The predicted octanol–water partition coefficient (Wildman–Crippen LogP) is 2.74. The maximum Gasteiger partial charge on any atom is 0.265 e. The highest BCUT2D eigenvalue weighted by Gasteiger charge is 2.26. The van der Waals surface area contributed by atoms with Crippen LogP contribution in [0.25, 0.3) is 10.9 Å². The summed E-state index contributed by atoms with van der Waals surface area (Å²) < 4.78 is 6.55. The van der Waals surface area contributed by atoms with Gasteiger partial charge in [0, 0.05) is 16.4 Å². The van der Waals surface area contributed by atoms with Gasteiger partial charge in [0.2, 0.25) is 0 Å². The van der Waals surface area contributed by atoms with Crippen LogP contribution >= 0.6 is 15.9 Å². The molecule has 0 radical (unpaired) electrons. The van der Waals surface area contributed by atoms with E-state index in [1.54, 1.807) is 11.1 Å². The van der Waals surface area contributed by atoms with Crippen molar-refractivity contribution in [3.63, 3.8) is 0 Å². The summed E-state index contributed by atoms with van der Waals surface area (Å²) in [5.74, 6) is 0.712. The molecule has 0 fully saturated rings. The summed E-state index contributed by atoms with van der Waals surface area (Å²) in [6.45, 7) is 2.65. The van der Waals surface area contributed by atoms with E-state index >= 15 is 0 Å². The maximum absolute atomic E-state index is 11.8. The highest BCUT2D eigenvalue weighted by molar-refractivity contribution is 9.10. The summed E-state index contributed by atoms with van der Waals surface area (Å²) in [5.41, 5.74) is 1.61. The van der Waals surface area contributed by atoms with E-state index in [1.807, 2.05) is 25.1 Å². The second-order valence-corrected chi connectivity index (χ2v) is 4.98. The number of halogens is 1. The molecular formula is C13H11BrN2O2. The van der Waals surface area contributed by atoms with Crippen molar-refractivity contribution in [2.45, 2.75) is 6.92 Å². The first-order valence-corrected chi connectivity index (χ1v) is 6.51. The van der Waals surface area contributed by atoms with Gasteiger partial charge in [-0.05, 0) is 25.1 Å². The third-order valence-electron chi connectivity index (χ3n) is 3.01.